The van der Waals surface area contributed by atoms with Crippen molar-refractivity contribution in [3.8, 4) is 5.75 Å². The monoisotopic (exact) mass is 460 g/mol. The van der Waals surface area contributed by atoms with Crippen molar-refractivity contribution in [3.63, 3.8) is 0 Å². The number of anilines is 1. The number of pyridine rings is 1. The molecule has 0 aliphatic carbocycles. The quantitative estimate of drug-likeness (QED) is 0.362. The Balaban J connectivity index is 1.28. The number of thioether (sulfide) groups is 1. The highest BCUT2D eigenvalue weighted by Crippen LogP contribution is 2.23. The van der Waals surface area contributed by atoms with E-state index in [4.69, 9.17) is 4.74 Å². The van der Waals surface area contributed by atoms with Gasteiger partial charge >= 0.3 is 0 Å². The van der Waals surface area contributed by atoms with Crippen LogP contribution >= 0.6 is 11.8 Å². The highest BCUT2D eigenvalue weighted by Gasteiger charge is 2.08. The molecule has 0 bridgehead atoms. The zero-order valence-corrected chi connectivity index (χ0v) is 19.0. The Hall–Kier alpha value is -3.78. The molecule has 2 amide bonds. The average Bonchev–Trinajstić information content (AvgIpc) is 3.26. The van der Waals surface area contributed by atoms with Gasteiger partial charge in [-0.3, -0.25) is 9.59 Å². The molecule has 0 unspecified atom stereocenters. The molecule has 4 rings (SSSR count). The Morgan fingerprint density at radius 2 is 1.82 bits per heavy atom. The molecular formula is C25H24N4O3S. The average molecular weight is 461 g/mol. The molecule has 4 aromatic rings. The lowest BCUT2D eigenvalue weighted by atomic mass is 10.2. The summed E-state index contributed by atoms with van der Waals surface area (Å²) in [5.41, 5.74) is 3.16. The van der Waals surface area contributed by atoms with Crippen molar-refractivity contribution in [3.05, 3.63) is 90.4 Å². The lowest BCUT2D eigenvalue weighted by molar-refractivity contribution is -0.122. The fourth-order valence-electron chi connectivity index (χ4n) is 3.15. The first-order valence-electron chi connectivity index (χ1n) is 10.6. The molecular weight excluding hydrogens is 436 g/mol. The Labute approximate surface area is 196 Å². The Kier molecular flexibility index (Phi) is 7.26. The number of carbonyl (C=O) groups is 2. The smallest absolute Gasteiger partial charge is 0.257 e. The number of fused-ring (bicyclic) bond motifs is 1. The molecule has 0 saturated heterocycles. The van der Waals surface area contributed by atoms with Crippen LogP contribution in [0.5, 0.6) is 5.75 Å². The van der Waals surface area contributed by atoms with E-state index in [0.29, 0.717) is 23.5 Å². The number of hydrogen-bond donors (Lipinski definition) is 2. The van der Waals surface area contributed by atoms with Crippen molar-refractivity contribution in [2.75, 3.05) is 18.5 Å². The Bertz CT molecular complexity index is 1200. The minimum Gasteiger partial charge on any atom is -0.484 e. The fourth-order valence-corrected chi connectivity index (χ4v) is 3.93. The van der Waals surface area contributed by atoms with Crippen LogP contribution in [0.4, 0.5) is 5.69 Å². The Morgan fingerprint density at radius 1 is 1.03 bits per heavy atom. The summed E-state index contributed by atoms with van der Waals surface area (Å²) < 4.78 is 7.42. The summed E-state index contributed by atoms with van der Waals surface area (Å²) in [6.07, 6.45) is 4.01. The van der Waals surface area contributed by atoms with Crippen LogP contribution in [-0.4, -0.2) is 34.4 Å². The van der Waals surface area contributed by atoms with Crippen molar-refractivity contribution < 1.29 is 14.3 Å². The van der Waals surface area contributed by atoms with Crippen LogP contribution in [-0.2, 0) is 10.5 Å². The third-order valence-electron chi connectivity index (χ3n) is 4.77. The predicted molar refractivity (Wildman–Crippen MR) is 130 cm³/mol. The van der Waals surface area contributed by atoms with Crippen LogP contribution in [0.3, 0.4) is 0 Å². The third kappa shape index (κ3) is 6.14. The Morgan fingerprint density at radius 3 is 2.55 bits per heavy atom. The molecule has 0 saturated carbocycles. The molecule has 0 fully saturated rings. The highest BCUT2D eigenvalue weighted by molar-refractivity contribution is 7.98. The standard InChI is InChI=1S/C25H24N4O3S/c1-2-26-24(30)16-32-21-10-8-19(9-11-21)28-25(31)18-6-12-22(13-7-18)33-17-20-15-29-14-4-3-5-23(29)27-20/h3-15H,2,16-17H2,1H3,(H,26,30)(H,28,31). The number of amides is 2. The maximum absolute atomic E-state index is 12.6. The van der Waals surface area contributed by atoms with E-state index in [9.17, 15) is 9.59 Å². The van der Waals surface area contributed by atoms with Gasteiger partial charge in [-0.05, 0) is 67.6 Å². The summed E-state index contributed by atoms with van der Waals surface area (Å²) in [5.74, 6) is 0.950. The normalized spacial score (nSPS) is 10.7. The molecule has 0 spiro atoms. The van der Waals surface area contributed by atoms with Gasteiger partial charge in [0.2, 0.25) is 0 Å². The van der Waals surface area contributed by atoms with Gasteiger partial charge in [-0.1, -0.05) is 6.07 Å². The SMILES string of the molecule is CCNC(=O)COc1ccc(NC(=O)c2ccc(SCc3cn4ccccc4n3)cc2)cc1. The van der Waals surface area contributed by atoms with Crippen LogP contribution in [0.25, 0.3) is 5.65 Å². The first kappa shape index (κ1) is 22.4. The maximum Gasteiger partial charge on any atom is 0.257 e. The van der Waals surface area contributed by atoms with Gasteiger partial charge in [0.1, 0.15) is 11.4 Å². The minimum atomic E-state index is -0.192. The second-order valence-electron chi connectivity index (χ2n) is 7.23. The summed E-state index contributed by atoms with van der Waals surface area (Å²) >= 11 is 1.67. The molecule has 2 heterocycles. The first-order chi connectivity index (χ1) is 16.1. The van der Waals surface area contributed by atoms with Crippen molar-refractivity contribution >= 4 is 34.9 Å². The van der Waals surface area contributed by atoms with Crippen LogP contribution in [0.2, 0.25) is 0 Å². The van der Waals surface area contributed by atoms with Gasteiger partial charge in [0, 0.05) is 40.8 Å². The topological polar surface area (TPSA) is 84.7 Å². The zero-order valence-electron chi connectivity index (χ0n) is 18.2. The van der Waals surface area contributed by atoms with Crippen LogP contribution in [0.1, 0.15) is 23.0 Å². The first-order valence-corrected chi connectivity index (χ1v) is 11.6. The van der Waals surface area contributed by atoms with Gasteiger partial charge in [0.25, 0.3) is 11.8 Å². The summed E-state index contributed by atoms with van der Waals surface area (Å²) in [5, 5.41) is 5.54. The van der Waals surface area contributed by atoms with Gasteiger partial charge < -0.3 is 19.8 Å². The van der Waals surface area contributed by atoms with Gasteiger partial charge in [0.15, 0.2) is 6.61 Å². The molecule has 0 radical (unpaired) electrons. The number of nitrogens with one attached hydrogen (secondary N) is 2. The number of rotatable bonds is 9. The number of aromatic nitrogens is 2. The molecule has 0 aliphatic heterocycles. The van der Waals surface area contributed by atoms with E-state index in [1.807, 2.05) is 66.2 Å². The number of ether oxygens (including phenoxy) is 1. The lowest BCUT2D eigenvalue weighted by Crippen LogP contribution is -2.28. The second-order valence-corrected chi connectivity index (χ2v) is 8.28. The van der Waals surface area contributed by atoms with E-state index in [-0.39, 0.29) is 18.4 Å². The van der Waals surface area contributed by atoms with Crippen molar-refractivity contribution in [1.29, 1.82) is 0 Å². The van der Waals surface area contributed by atoms with Gasteiger partial charge in [0.05, 0.1) is 5.69 Å². The number of likely N-dealkylation sites (N-methyl/N-ethyl adjacent to an activating group) is 1. The van der Waals surface area contributed by atoms with E-state index in [2.05, 4.69) is 15.6 Å². The summed E-state index contributed by atoms with van der Waals surface area (Å²) in [7, 11) is 0. The van der Waals surface area contributed by atoms with E-state index < -0.39 is 0 Å². The maximum atomic E-state index is 12.6. The molecule has 168 valence electrons. The van der Waals surface area contributed by atoms with Crippen molar-refractivity contribution in [1.82, 2.24) is 14.7 Å². The summed E-state index contributed by atoms with van der Waals surface area (Å²) in [6.45, 7) is 2.38. The molecule has 2 N–H and O–H groups in total. The van der Waals surface area contributed by atoms with Crippen molar-refractivity contribution in [2.24, 2.45) is 0 Å². The number of carbonyl (C=O) groups excluding carboxylic acids is 2. The third-order valence-corrected chi connectivity index (χ3v) is 5.82. The summed E-state index contributed by atoms with van der Waals surface area (Å²) in [4.78, 5) is 29.7. The molecule has 2 aromatic carbocycles. The zero-order chi connectivity index (χ0) is 23.0. The lowest BCUT2D eigenvalue weighted by Gasteiger charge is -2.09. The molecule has 8 heteroatoms. The van der Waals surface area contributed by atoms with E-state index >= 15 is 0 Å². The molecule has 33 heavy (non-hydrogen) atoms. The number of imidazole rings is 1. The van der Waals surface area contributed by atoms with Gasteiger partial charge in [-0.2, -0.15) is 0 Å². The molecule has 0 atom stereocenters. The largest absolute Gasteiger partial charge is 0.484 e. The summed E-state index contributed by atoms with van der Waals surface area (Å²) in [6, 6.07) is 20.3. The van der Waals surface area contributed by atoms with Gasteiger partial charge in [-0.25, -0.2) is 4.98 Å². The predicted octanol–water partition coefficient (Wildman–Crippen LogP) is 4.39. The van der Waals surface area contributed by atoms with E-state index in [1.54, 1.807) is 36.0 Å². The number of nitrogens with zero attached hydrogens (tertiary/aromatic N) is 2. The van der Waals surface area contributed by atoms with Crippen LogP contribution in [0.15, 0.2) is 84.0 Å². The molecule has 7 nitrogen and oxygen atoms in total. The van der Waals surface area contributed by atoms with Crippen LogP contribution in [0, 0.1) is 0 Å². The second kappa shape index (κ2) is 10.7. The van der Waals surface area contributed by atoms with Crippen molar-refractivity contribution in [2.45, 2.75) is 17.6 Å². The van der Waals surface area contributed by atoms with E-state index in [0.717, 1.165) is 22.0 Å². The van der Waals surface area contributed by atoms with Gasteiger partial charge in [-0.15, -0.1) is 11.8 Å². The van der Waals surface area contributed by atoms with Crippen LogP contribution < -0.4 is 15.4 Å². The highest BCUT2D eigenvalue weighted by atomic mass is 32.2. The number of benzene rings is 2. The molecule has 2 aromatic heterocycles. The van der Waals surface area contributed by atoms with E-state index in [1.165, 1.54) is 0 Å². The number of hydrogen-bond acceptors (Lipinski definition) is 5. The minimum absolute atomic E-state index is 0.0406. The molecule has 0 aliphatic rings. The fraction of sp³-hybridized carbons (Fsp3) is 0.160.